The van der Waals surface area contributed by atoms with Crippen LogP contribution in [0, 0.1) is 0 Å². The molecule has 1 aromatic carbocycles. The van der Waals surface area contributed by atoms with Crippen molar-refractivity contribution in [2.45, 2.75) is 0 Å². The summed E-state index contributed by atoms with van der Waals surface area (Å²) in [5.74, 6) is 0. The molecule has 74 valence electrons. The monoisotopic (exact) mass is 200 g/mol. The van der Waals surface area contributed by atoms with E-state index < -0.39 is 7.12 Å². The molecule has 0 bridgehead atoms. The molecule has 1 aromatic heterocycles. The van der Waals surface area contributed by atoms with Gasteiger partial charge >= 0.3 is 7.12 Å². The molecule has 2 aromatic rings. The van der Waals surface area contributed by atoms with Crippen LogP contribution in [0.4, 0.5) is 0 Å². The largest absolute Gasteiger partial charge is 0.508 e. The van der Waals surface area contributed by atoms with E-state index in [-0.39, 0.29) is 5.59 Å². The number of rotatable bonds is 2. The molecule has 0 saturated heterocycles. The third kappa shape index (κ3) is 2.03. The molecule has 5 heteroatoms. The van der Waals surface area contributed by atoms with Crippen LogP contribution in [0.5, 0.6) is 0 Å². The Balaban J connectivity index is 2.53. The van der Waals surface area contributed by atoms with Crippen LogP contribution in [0.25, 0.3) is 11.1 Å². The van der Waals surface area contributed by atoms with E-state index >= 15 is 0 Å². The average Bonchev–Trinajstić information content (AvgIpc) is 2.30. The van der Waals surface area contributed by atoms with Gasteiger partial charge in [-0.15, -0.1) is 0 Å². The lowest BCUT2D eigenvalue weighted by molar-refractivity contribution is 0.424. The lowest BCUT2D eigenvalue weighted by Gasteiger charge is -2.06. The minimum absolute atomic E-state index is 0.219. The molecular weight excluding hydrogens is 191 g/mol. The van der Waals surface area contributed by atoms with Crippen molar-refractivity contribution in [1.82, 2.24) is 9.97 Å². The molecule has 0 aliphatic rings. The zero-order valence-corrected chi connectivity index (χ0v) is 7.91. The number of benzene rings is 1. The summed E-state index contributed by atoms with van der Waals surface area (Å²) in [4.78, 5) is 7.71. The van der Waals surface area contributed by atoms with Crippen LogP contribution in [-0.2, 0) is 0 Å². The molecule has 0 aliphatic carbocycles. The molecule has 0 fully saturated rings. The highest BCUT2D eigenvalue weighted by molar-refractivity contribution is 6.59. The van der Waals surface area contributed by atoms with Gasteiger partial charge in [-0.3, -0.25) is 0 Å². The summed E-state index contributed by atoms with van der Waals surface area (Å²) in [7, 11) is -1.58. The standard InChI is InChI=1S/C10H9BN2O2/c14-11(15)10-9(6-12-7-13-10)8-4-2-1-3-5-8/h1-7,14-15H. The van der Waals surface area contributed by atoms with Crippen LogP contribution in [0.1, 0.15) is 0 Å². The zero-order chi connectivity index (χ0) is 10.7. The van der Waals surface area contributed by atoms with Crippen LogP contribution >= 0.6 is 0 Å². The number of aromatic nitrogens is 2. The van der Waals surface area contributed by atoms with E-state index in [1.807, 2.05) is 30.3 Å². The third-order valence-electron chi connectivity index (χ3n) is 2.07. The Bertz CT molecular complexity index is 448. The Hall–Kier alpha value is -1.72. The molecule has 4 nitrogen and oxygen atoms in total. The van der Waals surface area contributed by atoms with Gasteiger partial charge in [-0.1, -0.05) is 30.3 Å². The van der Waals surface area contributed by atoms with Gasteiger partial charge in [-0.2, -0.15) is 0 Å². The van der Waals surface area contributed by atoms with Crippen molar-refractivity contribution < 1.29 is 10.0 Å². The SMILES string of the molecule is OB(O)c1ncncc1-c1ccccc1. The lowest BCUT2D eigenvalue weighted by atomic mass is 9.81. The van der Waals surface area contributed by atoms with E-state index in [4.69, 9.17) is 10.0 Å². The minimum atomic E-state index is -1.58. The van der Waals surface area contributed by atoms with E-state index in [0.717, 1.165) is 5.56 Å². The van der Waals surface area contributed by atoms with Crippen molar-refractivity contribution in [3.05, 3.63) is 42.9 Å². The fraction of sp³-hybridized carbons (Fsp3) is 0. The third-order valence-corrected chi connectivity index (χ3v) is 2.07. The van der Waals surface area contributed by atoms with E-state index in [9.17, 15) is 0 Å². The molecular formula is C10H9BN2O2. The van der Waals surface area contributed by atoms with Gasteiger partial charge in [0.2, 0.25) is 0 Å². The predicted octanol–water partition coefficient (Wildman–Crippen LogP) is -0.177. The topological polar surface area (TPSA) is 66.2 Å². The van der Waals surface area contributed by atoms with Gasteiger partial charge in [-0.25, -0.2) is 9.97 Å². The molecule has 0 amide bonds. The molecule has 1 heterocycles. The van der Waals surface area contributed by atoms with E-state index in [1.165, 1.54) is 6.33 Å². The molecule has 0 atom stereocenters. The predicted molar refractivity (Wildman–Crippen MR) is 57.3 cm³/mol. The first kappa shape index (κ1) is 9.83. The van der Waals surface area contributed by atoms with Crippen molar-refractivity contribution in [3.8, 4) is 11.1 Å². The van der Waals surface area contributed by atoms with Gasteiger partial charge in [-0.05, 0) is 5.56 Å². The van der Waals surface area contributed by atoms with Gasteiger partial charge in [0.1, 0.15) is 6.33 Å². The first-order valence-electron chi connectivity index (χ1n) is 4.50. The van der Waals surface area contributed by atoms with Crippen molar-refractivity contribution in [1.29, 1.82) is 0 Å². The Kier molecular flexibility index (Phi) is 2.76. The molecule has 2 rings (SSSR count). The van der Waals surface area contributed by atoms with Gasteiger partial charge < -0.3 is 10.0 Å². The van der Waals surface area contributed by atoms with Crippen molar-refractivity contribution in [2.24, 2.45) is 0 Å². The molecule has 2 N–H and O–H groups in total. The van der Waals surface area contributed by atoms with Gasteiger partial charge in [0.25, 0.3) is 0 Å². The number of hydrogen-bond donors (Lipinski definition) is 2. The number of hydrogen-bond acceptors (Lipinski definition) is 4. The lowest BCUT2D eigenvalue weighted by Crippen LogP contribution is -2.34. The second kappa shape index (κ2) is 4.21. The maximum absolute atomic E-state index is 9.13. The van der Waals surface area contributed by atoms with Crippen LogP contribution in [0.2, 0.25) is 0 Å². The summed E-state index contributed by atoms with van der Waals surface area (Å²) in [6.07, 6.45) is 2.86. The second-order valence-corrected chi connectivity index (χ2v) is 3.06. The fourth-order valence-corrected chi connectivity index (χ4v) is 1.38. The molecule has 0 unspecified atom stereocenters. The summed E-state index contributed by atoms with van der Waals surface area (Å²) in [6, 6.07) is 9.36. The Labute approximate surface area is 87.4 Å². The van der Waals surface area contributed by atoms with Crippen LogP contribution in [-0.4, -0.2) is 27.1 Å². The Morgan fingerprint density at radius 3 is 2.47 bits per heavy atom. The summed E-state index contributed by atoms with van der Waals surface area (Å²) < 4.78 is 0. The molecule has 0 spiro atoms. The van der Waals surface area contributed by atoms with Gasteiger partial charge in [0, 0.05) is 11.8 Å². The smallest absolute Gasteiger partial charge is 0.422 e. The zero-order valence-electron chi connectivity index (χ0n) is 7.91. The Morgan fingerprint density at radius 1 is 1.07 bits per heavy atom. The van der Waals surface area contributed by atoms with E-state index in [0.29, 0.717) is 5.56 Å². The summed E-state index contributed by atoms with van der Waals surface area (Å²) in [6.45, 7) is 0. The number of nitrogens with zero attached hydrogens (tertiary/aromatic N) is 2. The molecule has 0 aliphatic heterocycles. The summed E-state index contributed by atoms with van der Waals surface area (Å²) in [5, 5.41) is 18.3. The fourth-order valence-electron chi connectivity index (χ4n) is 1.38. The highest BCUT2D eigenvalue weighted by atomic mass is 16.4. The van der Waals surface area contributed by atoms with Gasteiger partial charge in [0.05, 0.1) is 5.59 Å². The van der Waals surface area contributed by atoms with Crippen LogP contribution < -0.4 is 5.59 Å². The summed E-state index contributed by atoms with van der Waals surface area (Å²) >= 11 is 0. The van der Waals surface area contributed by atoms with Crippen LogP contribution in [0.15, 0.2) is 42.9 Å². The maximum Gasteiger partial charge on any atom is 0.508 e. The minimum Gasteiger partial charge on any atom is -0.422 e. The molecule has 0 saturated carbocycles. The highest BCUT2D eigenvalue weighted by Gasteiger charge is 2.18. The van der Waals surface area contributed by atoms with E-state index in [2.05, 4.69) is 9.97 Å². The maximum atomic E-state index is 9.13. The van der Waals surface area contributed by atoms with Crippen molar-refractivity contribution >= 4 is 12.7 Å². The highest BCUT2D eigenvalue weighted by Crippen LogP contribution is 2.14. The first-order chi connectivity index (χ1) is 7.29. The molecule has 0 radical (unpaired) electrons. The van der Waals surface area contributed by atoms with Gasteiger partial charge in [0.15, 0.2) is 0 Å². The normalized spacial score (nSPS) is 10.0. The Morgan fingerprint density at radius 2 is 1.80 bits per heavy atom. The molecule has 15 heavy (non-hydrogen) atoms. The second-order valence-electron chi connectivity index (χ2n) is 3.06. The average molecular weight is 200 g/mol. The van der Waals surface area contributed by atoms with Crippen molar-refractivity contribution in [3.63, 3.8) is 0 Å². The van der Waals surface area contributed by atoms with Crippen LogP contribution in [0.3, 0.4) is 0 Å². The van der Waals surface area contributed by atoms with E-state index in [1.54, 1.807) is 6.20 Å². The summed E-state index contributed by atoms with van der Waals surface area (Å²) in [5.41, 5.74) is 1.71. The first-order valence-corrected chi connectivity index (χ1v) is 4.50. The quantitative estimate of drug-likeness (QED) is 0.660. The van der Waals surface area contributed by atoms with Crippen molar-refractivity contribution in [2.75, 3.05) is 0 Å².